The van der Waals surface area contributed by atoms with Crippen molar-refractivity contribution < 1.29 is 18.9 Å². The Morgan fingerprint density at radius 3 is 2.30 bits per heavy atom. The molecular weight excluding hydrogens is 289 g/mol. The Balaban J connectivity index is 3.29. The third kappa shape index (κ3) is 3.84. The summed E-state index contributed by atoms with van der Waals surface area (Å²) in [4.78, 5) is 33.3. The van der Waals surface area contributed by atoms with Gasteiger partial charge in [-0.1, -0.05) is 17.7 Å². The first-order chi connectivity index (χ1) is 9.23. The number of benzene rings is 1. The fourth-order valence-corrected chi connectivity index (χ4v) is 2.35. The molecule has 0 saturated heterocycles. The van der Waals surface area contributed by atoms with Gasteiger partial charge in [-0.2, -0.15) is 0 Å². The van der Waals surface area contributed by atoms with Crippen LogP contribution >= 0.6 is 11.6 Å². The van der Waals surface area contributed by atoms with Crippen LogP contribution in [0.4, 0.5) is 4.39 Å². The van der Waals surface area contributed by atoms with Crippen molar-refractivity contribution in [3.05, 3.63) is 44.7 Å². The lowest BCUT2D eigenvalue weighted by atomic mass is 9.81. The number of hydrogen-bond acceptors (Lipinski definition) is 4. The summed E-state index contributed by atoms with van der Waals surface area (Å²) in [6.07, 6.45) is 0. The summed E-state index contributed by atoms with van der Waals surface area (Å²) in [5.74, 6) is -3.70. The van der Waals surface area contributed by atoms with Gasteiger partial charge in [-0.25, -0.2) is 4.39 Å². The summed E-state index contributed by atoms with van der Waals surface area (Å²) in [5, 5.41) is 10.6. The summed E-state index contributed by atoms with van der Waals surface area (Å²) < 4.78 is 13.1. The lowest BCUT2D eigenvalue weighted by Gasteiger charge is -2.20. The highest BCUT2D eigenvalue weighted by Crippen LogP contribution is 2.29. The molecule has 1 rings (SSSR count). The number of carbonyl (C=O) groups is 2. The van der Waals surface area contributed by atoms with Gasteiger partial charge in [0, 0.05) is 4.92 Å². The minimum atomic E-state index is -1.14. The van der Waals surface area contributed by atoms with E-state index in [0.717, 1.165) is 6.07 Å². The molecule has 0 aliphatic rings. The highest BCUT2D eigenvalue weighted by Gasteiger charge is 2.34. The number of nitro groups is 1. The van der Waals surface area contributed by atoms with Crippen molar-refractivity contribution in [1.29, 1.82) is 0 Å². The smallest absolute Gasteiger partial charge is 0.211 e. The van der Waals surface area contributed by atoms with Gasteiger partial charge >= 0.3 is 0 Å². The van der Waals surface area contributed by atoms with Crippen LogP contribution in [-0.4, -0.2) is 23.0 Å². The van der Waals surface area contributed by atoms with Gasteiger partial charge in [0.2, 0.25) is 6.54 Å². The second-order valence-electron chi connectivity index (χ2n) is 4.49. The Labute approximate surface area is 119 Å². The maximum absolute atomic E-state index is 13.1. The summed E-state index contributed by atoms with van der Waals surface area (Å²) >= 11 is 5.64. The van der Waals surface area contributed by atoms with Crippen LogP contribution in [0.5, 0.6) is 0 Å². The first-order valence-corrected chi connectivity index (χ1v) is 6.19. The Morgan fingerprint density at radius 2 is 1.90 bits per heavy atom. The molecule has 0 spiro atoms. The van der Waals surface area contributed by atoms with E-state index < -0.39 is 40.7 Å². The minimum absolute atomic E-state index is 0.207. The van der Waals surface area contributed by atoms with E-state index in [9.17, 15) is 24.1 Å². The second kappa shape index (κ2) is 6.56. The monoisotopic (exact) mass is 301 g/mol. The molecular formula is C13H13ClFNO4. The van der Waals surface area contributed by atoms with E-state index in [4.69, 9.17) is 11.6 Å². The Hall–Kier alpha value is -1.82. The van der Waals surface area contributed by atoms with Crippen LogP contribution in [0.2, 0.25) is 5.02 Å². The maximum atomic E-state index is 13.1. The molecule has 20 heavy (non-hydrogen) atoms. The van der Waals surface area contributed by atoms with Crippen LogP contribution in [0.3, 0.4) is 0 Å². The number of carbonyl (C=O) groups excluding carboxylic acids is 2. The first kappa shape index (κ1) is 16.2. The maximum Gasteiger partial charge on any atom is 0.211 e. The number of Topliss-reactive ketones (excluding diaryl/α,β-unsaturated/α-hetero) is 2. The second-order valence-corrected chi connectivity index (χ2v) is 4.90. The largest absolute Gasteiger partial charge is 0.299 e. The lowest BCUT2D eigenvalue weighted by Crippen LogP contribution is -2.31. The van der Waals surface area contributed by atoms with Gasteiger partial charge in [0.05, 0.1) is 16.9 Å². The zero-order chi connectivity index (χ0) is 15.4. The number of halogens is 2. The molecule has 108 valence electrons. The SMILES string of the molecule is CC(=O)C(C(C)=O)[C@H](C[N+](=O)[O-])c1ccc(F)c(Cl)c1. The quantitative estimate of drug-likeness (QED) is 0.460. The number of rotatable bonds is 6. The van der Waals surface area contributed by atoms with Crippen molar-refractivity contribution in [2.24, 2.45) is 5.92 Å². The van der Waals surface area contributed by atoms with Gasteiger partial charge in [-0.15, -0.1) is 0 Å². The average Bonchev–Trinajstić information content (AvgIpc) is 2.30. The predicted molar refractivity (Wildman–Crippen MR) is 70.9 cm³/mol. The third-order valence-electron chi connectivity index (χ3n) is 3.00. The normalized spacial score (nSPS) is 12.2. The van der Waals surface area contributed by atoms with Crippen LogP contribution in [0.15, 0.2) is 18.2 Å². The molecule has 0 N–H and O–H groups in total. The van der Waals surface area contributed by atoms with E-state index in [1.807, 2.05) is 0 Å². The molecule has 1 aromatic carbocycles. The first-order valence-electron chi connectivity index (χ1n) is 5.81. The predicted octanol–water partition coefficient (Wildman–Crippen LogP) is 2.63. The summed E-state index contributed by atoms with van der Waals surface area (Å²) in [6, 6.07) is 3.57. The van der Waals surface area contributed by atoms with E-state index in [-0.39, 0.29) is 5.02 Å². The van der Waals surface area contributed by atoms with Gasteiger partial charge in [-0.3, -0.25) is 19.7 Å². The zero-order valence-corrected chi connectivity index (χ0v) is 11.7. The molecule has 0 amide bonds. The van der Waals surface area contributed by atoms with E-state index >= 15 is 0 Å². The number of nitrogens with zero attached hydrogens (tertiary/aromatic N) is 1. The Bertz CT molecular complexity index is 547. The summed E-state index contributed by atoms with van der Waals surface area (Å²) in [5.41, 5.74) is 0.295. The molecule has 0 heterocycles. The van der Waals surface area contributed by atoms with Crippen molar-refractivity contribution in [1.82, 2.24) is 0 Å². The zero-order valence-electron chi connectivity index (χ0n) is 10.9. The molecule has 0 aliphatic heterocycles. The van der Waals surface area contributed by atoms with Crippen LogP contribution in [0, 0.1) is 21.8 Å². The van der Waals surface area contributed by atoms with Crippen LogP contribution in [0.25, 0.3) is 0 Å². The van der Waals surface area contributed by atoms with Crippen molar-refractivity contribution in [2.45, 2.75) is 19.8 Å². The standard InChI is InChI=1S/C13H13ClFNO4/c1-7(17)13(8(2)18)10(6-16(19)20)9-3-4-12(15)11(14)5-9/h3-5,10,13H,6H2,1-2H3/t10-/m1/s1. The molecule has 7 heteroatoms. The number of ketones is 2. The highest BCUT2D eigenvalue weighted by atomic mass is 35.5. The summed E-state index contributed by atoms with van der Waals surface area (Å²) in [7, 11) is 0. The topological polar surface area (TPSA) is 77.3 Å². The minimum Gasteiger partial charge on any atom is -0.299 e. The van der Waals surface area contributed by atoms with Crippen molar-refractivity contribution in [3.63, 3.8) is 0 Å². The van der Waals surface area contributed by atoms with E-state index in [2.05, 4.69) is 0 Å². The van der Waals surface area contributed by atoms with Crippen molar-refractivity contribution >= 4 is 23.2 Å². The molecule has 0 aromatic heterocycles. The van der Waals surface area contributed by atoms with Crippen LogP contribution < -0.4 is 0 Å². The molecule has 1 atom stereocenters. The fraction of sp³-hybridized carbons (Fsp3) is 0.385. The highest BCUT2D eigenvalue weighted by molar-refractivity contribution is 6.30. The van der Waals surface area contributed by atoms with Crippen LogP contribution in [-0.2, 0) is 9.59 Å². The Kier molecular flexibility index (Phi) is 5.33. The van der Waals surface area contributed by atoms with Crippen LogP contribution in [0.1, 0.15) is 25.3 Å². The van der Waals surface area contributed by atoms with E-state index in [1.165, 1.54) is 26.0 Å². The van der Waals surface area contributed by atoms with Crippen molar-refractivity contribution in [2.75, 3.05) is 6.54 Å². The van der Waals surface area contributed by atoms with Gasteiger partial charge < -0.3 is 0 Å². The van der Waals surface area contributed by atoms with E-state index in [0.29, 0.717) is 5.56 Å². The van der Waals surface area contributed by atoms with E-state index in [1.54, 1.807) is 0 Å². The van der Waals surface area contributed by atoms with Gasteiger partial charge in [0.25, 0.3) is 0 Å². The van der Waals surface area contributed by atoms with Crippen molar-refractivity contribution in [3.8, 4) is 0 Å². The molecule has 0 bridgehead atoms. The Morgan fingerprint density at radius 1 is 1.35 bits per heavy atom. The molecule has 0 radical (unpaired) electrons. The molecule has 0 fully saturated rings. The molecule has 5 nitrogen and oxygen atoms in total. The van der Waals surface area contributed by atoms with Gasteiger partial charge in [0.1, 0.15) is 17.4 Å². The molecule has 0 saturated carbocycles. The molecule has 0 aliphatic carbocycles. The summed E-state index contributed by atoms with van der Waals surface area (Å²) in [6.45, 7) is 1.79. The van der Waals surface area contributed by atoms with Gasteiger partial charge in [0.15, 0.2) is 0 Å². The molecule has 0 unspecified atom stereocenters. The third-order valence-corrected chi connectivity index (χ3v) is 3.29. The average molecular weight is 302 g/mol. The fourth-order valence-electron chi connectivity index (χ4n) is 2.16. The molecule has 1 aromatic rings. The van der Waals surface area contributed by atoms with Gasteiger partial charge in [-0.05, 0) is 31.5 Å². The number of hydrogen-bond donors (Lipinski definition) is 0. The lowest BCUT2D eigenvalue weighted by molar-refractivity contribution is -0.484.